The minimum absolute atomic E-state index is 0.0573. The Balaban J connectivity index is 2.15. The Kier molecular flexibility index (Phi) is 7.32. The van der Waals surface area contributed by atoms with E-state index in [2.05, 4.69) is 36.1 Å². The summed E-state index contributed by atoms with van der Waals surface area (Å²) in [7, 11) is -3.55. The molecule has 1 aliphatic rings. The lowest BCUT2D eigenvalue weighted by molar-refractivity contribution is -0.114. The maximum absolute atomic E-state index is 12.9. The second-order valence-electron chi connectivity index (χ2n) is 8.68. The molecule has 0 unspecified atom stereocenters. The van der Waals surface area contributed by atoms with Gasteiger partial charge in [0, 0.05) is 18.7 Å². The van der Waals surface area contributed by atoms with Gasteiger partial charge in [-0.05, 0) is 55.2 Å². The summed E-state index contributed by atoms with van der Waals surface area (Å²) in [6.07, 6.45) is 6.09. The smallest absolute Gasteiger partial charge is 0.253 e. The average Bonchev–Trinajstić information content (AvgIpc) is 2.61. The maximum atomic E-state index is 12.9. The van der Waals surface area contributed by atoms with Gasteiger partial charge in [0.05, 0.1) is 17.5 Å². The largest absolute Gasteiger partial charge is 0.349 e. The van der Waals surface area contributed by atoms with Crippen molar-refractivity contribution in [3.63, 3.8) is 0 Å². The van der Waals surface area contributed by atoms with Crippen LogP contribution in [0.25, 0.3) is 0 Å². The van der Waals surface area contributed by atoms with Gasteiger partial charge in [-0.3, -0.25) is 14.3 Å². The molecule has 0 aliphatic heterocycles. The number of carbonyl (C=O) groups is 2. The topological polar surface area (TPSA) is 104 Å². The van der Waals surface area contributed by atoms with E-state index in [1.807, 2.05) is 0 Å². The first-order chi connectivity index (χ1) is 13.4. The van der Waals surface area contributed by atoms with Crippen LogP contribution in [-0.4, -0.2) is 32.5 Å². The molecule has 3 N–H and O–H groups in total. The van der Waals surface area contributed by atoms with Gasteiger partial charge in [0.25, 0.3) is 5.91 Å². The van der Waals surface area contributed by atoms with Crippen LogP contribution in [0, 0.1) is 11.3 Å². The fourth-order valence-electron chi connectivity index (χ4n) is 3.87. The van der Waals surface area contributed by atoms with Crippen molar-refractivity contribution in [2.45, 2.75) is 65.8 Å². The molecule has 0 radical (unpaired) electrons. The predicted octanol–water partition coefficient (Wildman–Crippen LogP) is 3.74. The molecule has 8 heteroatoms. The van der Waals surface area contributed by atoms with Gasteiger partial charge in [-0.2, -0.15) is 0 Å². The lowest BCUT2D eigenvalue weighted by Crippen LogP contribution is -2.40. The molecule has 1 saturated carbocycles. The van der Waals surface area contributed by atoms with Crippen LogP contribution in [-0.2, 0) is 14.8 Å². The van der Waals surface area contributed by atoms with Crippen molar-refractivity contribution < 1.29 is 18.0 Å². The number of nitrogens with one attached hydrogen (secondary N) is 3. The molecule has 0 spiro atoms. The third-order valence-electron chi connectivity index (χ3n) is 5.96. The van der Waals surface area contributed by atoms with Gasteiger partial charge in [-0.1, -0.05) is 27.2 Å². The van der Waals surface area contributed by atoms with Crippen molar-refractivity contribution in [1.82, 2.24) is 5.32 Å². The zero-order valence-corrected chi connectivity index (χ0v) is 18.8. The Morgan fingerprint density at radius 3 is 2.28 bits per heavy atom. The highest BCUT2D eigenvalue weighted by Crippen LogP contribution is 2.40. The van der Waals surface area contributed by atoms with E-state index in [0.717, 1.165) is 38.4 Å². The van der Waals surface area contributed by atoms with E-state index < -0.39 is 10.0 Å². The lowest BCUT2D eigenvalue weighted by atomic mass is 9.69. The molecule has 1 fully saturated rings. The fraction of sp³-hybridized carbons (Fsp3) is 0.619. The van der Waals surface area contributed by atoms with E-state index in [1.54, 1.807) is 6.07 Å². The molecule has 1 aromatic carbocycles. The summed E-state index contributed by atoms with van der Waals surface area (Å²) in [5, 5.41) is 5.67. The van der Waals surface area contributed by atoms with E-state index in [0.29, 0.717) is 17.0 Å². The summed E-state index contributed by atoms with van der Waals surface area (Å²) in [4.78, 5) is 24.3. The number of anilines is 2. The Morgan fingerprint density at radius 1 is 1.14 bits per heavy atom. The number of carbonyl (C=O) groups excluding carboxylic acids is 2. The lowest BCUT2D eigenvalue weighted by Gasteiger charge is -2.39. The maximum Gasteiger partial charge on any atom is 0.253 e. The number of sulfonamides is 1. The van der Waals surface area contributed by atoms with E-state index in [9.17, 15) is 18.0 Å². The number of hydrogen-bond donors (Lipinski definition) is 3. The minimum Gasteiger partial charge on any atom is -0.349 e. The highest BCUT2D eigenvalue weighted by Gasteiger charge is 2.32. The number of hydrogen-bond acceptors (Lipinski definition) is 4. The number of benzene rings is 1. The van der Waals surface area contributed by atoms with Gasteiger partial charge in [0.1, 0.15) is 0 Å². The molecule has 0 bridgehead atoms. The number of amides is 2. The zero-order valence-electron chi connectivity index (χ0n) is 18.0. The summed E-state index contributed by atoms with van der Waals surface area (Å²) in [6.45, 7) is 8.19. The molecule has 162 valence electrons. The van der Waals surface area contributed by atoms with Crippen LogP contribution in [0.1, 0.15) is 70.2 Å². The Bertz CT molecular complexity index is 857. The summed E-state index contributed by atoms with van der Waals surface area (Å²) in [6, 6.07) is 4.60. The van der Waals surface area contributed by atoms with E-state index in [4.69, 9.17) is 0 Å². The Labute approximate surface area is 174 Å². The van der Waals surface area contributed by atoms with Gasteiger partial charge in [0.2, 0.25) is 15.9 Å². The first-order valence-corrected chi connectivity index (χ1v) is 12.0. The van der Waals surface area contributed by atoms with E-state index in [-0.39, 0.29) is 29.1 Å². The van der Waals surface area contributed by atoms with E-state index >= 15 is 0 Å². The van der Waals surface area contributed by atoms with Crippen LogP contribution < -0.4 is 15.4 Å². The van der Waals surface area contributed by atoms with Crippen molar-refractivity contribution in [1.29, 1.82) is 0 Å². The molecule has 2 amide bonds. The first-order valence-electron chi connectivity index (χ1n) is 10.1. The summed E-state index contributed by atoms with van der Waals surface area (Å²) in [5.74, 6) is 0.0322. The van der Waals surface area contributed by atoms with Gasteiger partial charge >= 0.3 is 0 Å². The quantitative estimate of drug-likeness (QED) is 0.621. The van der Waals surface area contributed by atoms with Gasteiger partial charge < -0.3 is 10.6 Å². The molecule has 0 saturated heterocycles. The molecule has 0 heterocycles. The minimum atomic E-state index is -3.55. The van der Waals surface area contributed by atoms with Crippen LogP contribution >= 0.6 is 0 Å². The Morgan fingerprint density at radius 2 is 1.76 bits per heavy atom. The van der Waals surface area contributed by atoms with Gasteiger partial charge in [0.15, 0.2) is 0 Å². The Hall–Kier alpha value is -2.09. The fourth-order valence-corrected chi connectivity index (χ4v) is 4.45. The normalized spacial score (nSPS) is 20.0. The molecule has 29 heavy (non-hydrogen) atoms. The van der Waals surface area contributed by atoms with Crippen molar-refractivity contribution >= 4 is 33.2 Å². The third kappa shape index (κ3) is 6.73. The molecule has 1 aliphatic carbocycles. The van der Waals surface area contributed by atoms with Crippen molar-refractivity contribution in [2.24, 2.45) is 11.3 Å². The van der Waals surface area contributed by atoms with Crippen molar-refractivity contribution in [2.75, 3.05) is 16.3 Å². The summed E-state index contributed by atoms with van der Waals surface area (Å²) in [5.41, 5.74) is 1.13. The van der Waals surface area contributed by atoms with Crippen molar-refractivity contribution in [3.05, 3.63) is 23.8 Å². The molecule has 1 aromatic rings. The average molecular weight is 424 g/mol. The van der Waals surface area contributed by atoms with Crippen LogP contribution in [0.2, 0.25) is 0 Å². The standard InChI is InChI=1S/C21H33N3O4S/c1-6-21(3,4)15-7-9-16(10-8-15)23-20(26)18-13-17(22-14(2)25)11-12-19(18)24-29(5,27)28/h11-13,15-16,24H,6-10H2,1-5H3,(H,22,25)(H,23,26). The van der Waals surface area contributed by atoms with Crippen LogP contribution in [0.15, 0.2) is 18.2 Å². The summed E-state index contributed by atoms with van der Waals surface area (Å²) < 4.78 is 25.7. The SMILES string of the molecule is CCC(C)(C)C1CCC(NC(=O)c2cc(NC(C)=O)ccc2NS(C)(=O)=O)CC1. The monoisotopic (exact) mass is 423 g/mol. The second kappa shape index (κ2) is 9.15. The molecular weight excluding hydrogens is 390 g/mol. The predicted molar refractivity (Wildman–Crippen MR) is 116 cm³/mol. The molecule has 7 nitrogen and oxygen atoms in total. The molecule has 0 atom stereocenters. The number of rotatable bonds is 7. The highest BCUT2D eigenvalue weighted by molar-refractivity contribution is 7.92. The van der Waals surface area contributed by atoms with Gasteiger partial charge in [-0.15, -0.1) is 0 Å². The van der Waals surface area contributed by atoms with Crippen LogP contribution in [0.4, 0.5) is 11.4 Å². The highest BCUT2D eigenvalue weighted by atomic mass is 32.2. The summed E-state index contributed by atoms with van der Waals surface area (Å²) >= 11 is 0. The van der Waals surface area contributed by atoms with Crippen molar-refractivity contribution in [3.8, 4) is 0 Å². The van der Waals surface area contributed by atoms with Crippen LogP contribution in [0.3, 0.4) is 0 Å². The molecular formula is C21H33N3O4S. The van der Waals surface area contributed by atoms with Crippen LogP contribution in [0.5, 0.6) is 0 Å². The second-order valence-corrected chi connectivity index (χ2v) is 10.4. The van der Waals surface area contributed by atoms with E-state index in [1.165, 1.54) is 19.1 Å². The first kappa shape index (κ1) is 23.2. The zero-order chi connectivity index (χ0) is 21.8. The third-order valence-corrected chi connectivity index (χ3v) is 6.55. The van der Waals surface area contributed by atoms with Gasteiger partial charge in [-0.25, -0.2) is 8.42 Å². The molecule has 2 rings (SSSR count). The molecule has 0 aromatic heterocycles.